The summed E-state index contributed by atoms with van der Waals surface area (Å²) in [6, 6.07) is 6.99. The number of hydrogen-bond donors (Lipinski definition) is 0. The molecule has 0 fully saturated rings. The van der Waals surface area contributed by atoms with Gasteiger partial charge in [-0.1, -0.05) is 39.8 Å². The molecule has 1 aromatic rings. The molecular weight excluding hydrogens is 362 g/mol. The summed E-state index contributed by atoms with van der Waals surface area (Å²) in [5.74, 6) is 0.628. The molecule has 0 aliphatic rings. The summed E-state index contributed by atoms with van der Waals surface area (Å²) in [5, 5.41) is 0. The average molecular weight is 398 g/mol. The molecule has 0 spiro atoms. The minimum Gasteiger partial charge on any atom is -0.382 e. The lowest BCUT2D eigenvalue weighted by atomic mass is 9.84. The average Bonchev–Trinajstić information content (AvgIpc) is 2.50. The molecule has 1 aromatic carbocycles. The maximum absolute atomic E-state index is 12.8. The third-order valence-electron chi connectivity index (χ3n) is 4.26. The fourth-order valence-electron chi connectivity index (χ4n) is 3.19. The van der Waals surface area contributed by atoms with E-state index >= 15 is 0 Å². The summed E-state index contributed by atoms with van der Waals surface area (Å²) in [6.07, 6.45) is 1.50. The molecule has 6 heteroatoms. The Morgan fingerprint density at radius 2 is 1.81 bits per heavy atom. The van der Waals surface area contributed by atoms with Crippen LogP contribution in [0.4, 0.5) is 0 Å². The summed E-state index contributed by atoms with van der Waals surface area (Å²) in [7, 11) is -3.56. The Morgan fingerprint density at radius 3 is 2.33 bits per heavy atom. The number of carbonyl (C=O) groups excluding carboxylic acids is 1. The van der Waals surface area contributed by atoms with Crippen molar-refractivity contribution < 1.29 is 17.4 Å². The highest BCUT2D eigenvalue weighted by Gasteiger charge is 2.23. The highest BCUT2D eigenvalue weighted by atomic mass is 32.2. The van der Waals surface area contributed by atoms with Crippen molar-refractivity contribution in [2.45, 2.75) is 73.9 Å². The van der Waals surface area contributed by atoms with E-state index in [4.69, 9.17) is 4.18 Å². The van der Waals surface area contributed by atoms with Crippen molar-refractivity contribution in [1.82, 2.24) is 4.90 Å². The first-order valence-corrected chi connectivity index (χ1v) is 11.2. The predicted octanol–water partition coefficient (Wildman–Crippen LogP) is 4.61. The topological polar surface area (TPSA) is 63.7 Å². The molecule has 0 saturated heterocycles. The molecule has 1 amide bonds. The molecule has 0 aliphatic heterocycles. The van der Waals surface area contributed by atoms with Gasteiger partial charge in [-0.3, -0.25) is 4.79 Å². The van der Waals surface area contributed by atoms with Gasteiger partial charge in [0.25, 0.3) is 0 Å². The first kappa shape index (κ1) is 23.5. The van der Waals surface area contributed by atoms with Crippen LogP contribution in [0.5, 0.6) is 5.75 Å². The molecule has 27 heavy (non-hydrogen) atoms. The van der Waals surface area contributed by atoms with Crippen molar-refractivity contribution in [2.24, 2.45) is 11.3 Å². The monoisotopic (exact) mass is 397 g/mol. The second-order valence-electron chi connectivity index (χ2n) is 8.77. The van der Waals surface area contributed by atoms with Crippen LogP contribution < -0.4 is 4.18 Å². The molecule has 0 radical (unpaired) electrons. The van der Waals surface area contributed by atoms with Crippen LogP contribution in [0.25, 0.3) is 0 Å². The van der Waals surface area contributed by atoms with E-state index in [0.29, 0.717) is 18.9 Å². The van der Waals surface area contributed by atoms with E-state index in [-0.39, 0.29) is 28.9 Å². The molecule has 0 bridgehead atoms. The van der Waals surface area contributed by atoms with Gasteiger partial charge in [-0.15, -0.1) is 0 Å². The highest BCUT2D eigenvalue weighted by Crippen LogP contribution is 2.27. The summed E-state index contributed by atoms with van der Waals surface area (Å²) < 4.78 is 28.4. The van der Waals surface area contributed by atoms with Crippen LogP contribution in [0.3, 0.4) is 0 Å². The molecule has 0 aromatic heterocycles. The number of carbonyl (C=O) groups is 1. The van der Waals surface area contributed by atoms with Crippen LogP contribution in [0, 0.1) is 11.3 Å². The van der Waals surface area contributed by atoms with Crippen molar-refractivity contribution in [2.75, 3.05) is 5.75 Å². The smallest absolute Gasteiger partial charge is 0.308 e. The van der Waals surface area contributed by atoms with Crippen molar-refractivity contribution in [3.8, 4) is 5.75 Å². The van der Waals surface area contributed by atoms with E-state index in [1.807, 2.05) is 24.8 Å². The van der Waals surface area contributed by atoms with Crippen LogP contribution in [0.15, 0.2) is 24.3 Å². The van der Waals surface area contributed by atoms with Gasteiger partial charge >= 0.3 is 10.1 Å². The molecule has 1 unspecified atom stereocenters. The zero-order valence-corrected chi connectivity index (χ0v) is 18.6. The fourth-order valence-corrected chi connectivity index (χ4v) is 3.70. The Kier molecular flexibility index (Phi) is 8.33. The summed E-state index contributed by atoms with van der Waals surface area (Å²) >= 11 is 0. The van der Waals surface area contributed by atoms with Gasteiger partial charge in [-0.05, 0) is 56.2 Å². The molecule has 0 N–H and O–H groups in total. The summed E-state index contributed by atoms with van der Waals surface area (Å²) in [6.45, 7) is 14.6. The van der Waals surface area contributed by atoms with E-state index in [1.165, 1.54) is 6.92 Å². The second-order valence-corrected chi connectivity index (χ2v) is 10.6. The number of rotatable bonds is 9. The van der Waals surface area contributed by atoms with E-state index in [2.05, 4.69) is 27.7 Å². The molecule has 154 valence electrons. The predicted molar refractivity (Wildman–Crippen MR) is 110 cm³/mol. The normalized spacial score (nSPS) is 13.5. The quantitative estimate of drug-likeness (QED) is 0.571. The van der Waals surface area contributed by atoms with E-state index < -0.39 is 10.1 Å². The first-order valence-electron chi connectivity index (χ1n) is 9.63. The van der Waals surface area contributed by atoms with Gasteiger partial charge in [0.1, 0.15) is 5.75 Å². The van der Waals surface area contributed by atoms with Crippen LogP contribution >= 0.6 is 0 Å². The lowest BCUT2D eigenvalue weighted by Gasteiger charge is -2.30. The van der Waals surface area contributed by atoms with Crippen LogP contribution in [0.1, 0.15) is 66.9 Å². The van der Waals surface area contributed by atoms with Gasteiger partial charge in [-0.25, -0.2) is 0 Å². The van der Waals surface area contributed by atoms with Gasteiger partial charge in [0.2, 0.25) is 5.91 Å². The van der Waals surface area contributed by atoms with E-state index in [1.54, 1.807) is 18.2 Å². The number of benzene rings is 1. The molecule has 0 heterocycles. The van der Waals surface area contributed by atoms with Crippen molar-refractivity contribution in [3.63, 3.8) is 0 Å². The molecule has 5 nitrogen and oxygen atoms in total. The first-order chi connectivity index (χ1) is 12.3. The van der Waals surface area contributed by atoms with Crippen molar-refractivity contribution in [1.29, 1.82) is 0 Å². The lowest BCUT2D eigenvalue weighted by molar-refractivity contribution is -0.134. The van der Waals surface area contributed by atoms with Gasteiger partial charge < -0.3 is 9.08 Å². The number of nitrogens with zero attached hydrogens (tertiary/aromatic N) is 1. The van der Waals surface area contributed by atoms with Crippen molar-refractivity contribution in [3.05, 3.63) is 29.8 Å². The minimum atomic E-state index is -3.56. The van der Waals surface area contributed by atoms with Crippen LogP contribution in [-0.4, -0.2) is 31.0 Å². The van der Waals surface area contributed by atoms with E-state index in [0.717, 1.165) is 12.0 Å². The zero-order valence-electron chi connectivity index (χ0n) is 17.8. The van der Waals surface area contributed by atoms with Gasteiger partial charge in [0.05, 0.1) is 5.75 Å². The van der Waals surface area contributed by atoms with Crippen LogP contribution in [0.2, 0.25) is 0 Å². The lowest BCUT2D eigenvalue weighted by Crippen LogP contribution is -2.37. The minimum absolute atomic E-state index is 0.0586. The Bertz CT molecular complexity index is 720. The van der Waals surface area contributed by atoms with Crippen LogP contribution in [-0.2, 0) is 21.5 Å². The molecule has 0 saturated carbocycles. The Morgan fingerprint density at radius 1 is 1.19 bits per heavy atom. The maximum atomic E-state index is 12.8. The van der Waals surface area contributed by atoms with Gasteiger partial charge in [0, 0.05) is 19.0 Å². The number of hydrogen-bond acceptors (Lipinski definition) is 4. The fraction of sp³-hybridized carbons (Fsp3) is 0.667. The van der Waals surface area contributed by atoms with Gasteiger partial charge in [0.15, 0.2) is 0 Å². The highest BCUT2D eigenvalue weighted by molar-refractivity contribution is 7.87. The standard InChI is InChI=1S/C21H35NO4S/c1-8-27(24,25)26-19-11-9-10-18(13-19)15-22(16(2)3)20(23)12-17(4)14-21(5,6)7/h9-11,13,16-17H,8,12,14-15H2,1-7H3. The van der Waals surface area contributed by atoms with E-state index in [9.17, 15) is 13.2 Å². The Balaban J connectivity index is 2.87. The third kappa shape index (κ3) is 8.78. The summed E-state index contributed by atoms with van der Waals surface area (Å²) in [5.41, 5.74) is 1.04. The van der Waals surface area contributed by atoms with Gasteiger partial charge in [-0.2, -0.15) is 8.42 Å². The molecular formula is C21H35NO4S. The Hall–Kier alpha value is -1.56. The second kappa shape index (κ2) is 9.58. The molecule has 1 rings (SSSR count). The maximum Gasteiger partial charge on any atom is 0.308 e. The number of amides is 1. The largest absolute Gasteiger partial charge is 0.382 e. The van der Waals surface area contributed by atoms with Crippen molar-refractivity contribution >= 4 is 16.0 Å². The Labute approximate surface area is 165 Å². The molecule has 1 atom stereocenters. The zero-order chi connectivity index (χ0) is 20.8. The summed E-state index contributed by atoms with van der Waals surface area (Å²) in [4.78, 5) is 14.7. The SMILES string of the molecule is CCS(=O)(=O)Oc1cccc(CN(C(=O)CC(C)CC(C)(C)C)C(C)C)c1. The molecule has 0 aliphatic carbocycles. The third-order valence-corrected chi connectivity index (χ3v) is 5.41.